The molecule has 0 spiro atoms. The van der Waals surface area contributed by atoms with Crippen LogP contribution in [0.4, 0.5) is 0 Å². The van der Waals surface area contributed by atoms with Crippen LogP contribution in [0.5, 0.6) is 11.5 Å². The summed E-state index contributed by atoms with van der Waals surface area (Å²) in [5.74, 6) is 1.31. The first-order chi connectivity index (χ1) is 8.67. The van der Waals surface area contributed by atoms with Gasteiger partial charge in [-0.3, -0.25) is 9.59 Å². The summed E-state index contributed by atoms with van der Waals surface area (Å²) < 4.78 is 10.5. The van der Waals surface area contributed by atoms with Crippen LogP contribution >= 0.6 is 0 Å². The minimum Gasteiger partial charge on any atom is -0.496 e. The van der Waals surface area contributed by atoms with E-state index in [0.717, 1.165) is 10.8 Å². The third kappa shape index (κ3) is 1.20. The zero-order valence-electron chi connectivity index (χ0n) is 9.94. The first kappa shape index (κ1) is 10.8. The summed E-state index contributed by atoms with van der Waals surface area (Å²) in [5, 5.41) is 2.46. The van der Waals surface area contributed by atoms with Crippen molar-refractivity contribution in [3.05, 3.63) is 44.7 Å². The normalized spacial score (nSPS) is 11.2. The molecule has 4 nitrogen and oxygen atoms in total. The Kier molecular flexibility index (Phi) is 2.13. The van der Waals surface area contributed by atoms with Gasteiger partial charge in [-0.15, -0.1) is 0 Å². The van der Waals surface area contributed by atoms with Crippen molar-refractivity contribution in [2.75, 3.05) is 14.2 Å². The van der Waals surface area contributed by atoms with Crippen molar-refractivity contribution in [2.45, 2.75) is 0 Å². The largest absolute Gasteiger partial charge is 0.496 e. The van der Waals surface area contributed by atoms with Gasteiger partial charge in [0.05, 0.1) is 14.2 Å². The average Bonchev–Trinajstić information content (AvgIpc) is 2.43. The molecule has 0 saturated heterocycles. The van der Waals surface area contributed by atoms with E-state index in [9.17, 15) is 9.59 Å². The highest BCUT2D eigenvalue weighted by atomic mass is 16.5. The summed E-state index contributed by atoms with van der Waals surface area (Å²) in [6.45, 7) is 0. The third-order valence-corrected chi connectivity index (χ3v) is 3.21. The molecule has 0 heterocycles. The lowest BCUT2D eigenvalue weighted by Gasteiger charge is -2.11. The molecule has 4 heteroatoms. The Labute approximate surface area is 102 Å². The molecule has 0 radical (unpaired) electrons. The maximum atomic E-state index is 11.4. The van der Waals surface area contributed by atoms with Gasteiger partial charge in [0.2, 0.25) is 10.9 Å². The molecule has 18 heavy (non-hydrogen) atoms. The van der Waals surface area contributed by atoms with Crippen molar-refractivity contribution < 1.29 is 9.47 Å². The number of ether oxygens (including phenoxy) is 2. The Balaban J connectivity index is 2.51. The second kappa shape index (κ2) is 3.57. The Morgan fingerprint density at radius 1 is 0.722 bits per heavy atom. The smallest absolute Gasteiger partial charge is 0.234 e. The van der Waals surface area contributed by atoms with E-state index in [2.05, 4.69) is 0 Å². The van der Waals surface area contributed by atoms with Gasteiger partial charge >= 0.3 is 0 Å². The molecule has 90 valence electrons. The molecule has 0 bridgehead atoms. The lowest BCUT2D eigenvalue weighted by atomic mass is 9.98. The second-order valence-corrected chi connectivity index (χ2v) is 4.07. The topological polar surface area (TPSA) is 52.6 Å². The van der Waals surface area contributed by atoms with Crippen LogP contribution in [-0.2, 0) is 0 Å². The van der Waals surface area contributed by atoms with Crippen molar-refractivity contribution in [2.24, 2.45) is 0 Å². The molecule has 0 unspecified atom stereocenters. The van der Waals surface area contributed by atoms with E-state index < -0.39 is 10.9 Å². The first-order valence-corrected chi connectivity index (χ1v) is 5.45. The van der Waals surface area contributed by atoms with Crippen LogP contribution in [0.2, 0.25) is 0 Å². The molecule has 3 aromatic carbocycles. The van der Waals surface area contributed by atoms with Gasteiger partial charge in [-0.1, -0.05) is 0 Å². The van der Waals surface area contributed by atoms with Crippen molar-refractivity contribution in [3.63, 3.8) is 0 Å². The molecule has 0 aliphatic rings. The standard InChI is InChI=1S/C14H10O4/c1-17-11-3-4-12(18-2)8-6-10-9(5-7(8)11)13(15)14(10)16/h3-6H,1-2H3. The lowest BCUT2D eigenvalue weighted by Crippen LogP contribution is -2.30. The monoisotopic (exact) mass is 242 g/mol. The van der Waals surface area contributed by atoms with Crippen molar-refractivity contribution in [1.82, 2.24) is 0 Å². The zero-order valence-corrected chi connectivity index (χ0v) is 9.94. The molecule has 0 fully saturated rings. The summed E-state index contributed by atoms with van der Waals surface area (Å²) in [7, 11) is 3.13. The number of benzene rings is 2. The van der Waals surface area contributed by atoms with E-state index in [1.165, 1.54) is 0 Å². The number of fused-ring (bicyclic) bond motifs is 2. The van der Waals surface area contributed by atoms with E-state index >= 15 is 0 Å². The van der Waals surface area contributed by atoms with Gasteiger partial charge in [-0.25, -0.2) is 0 Å². The van der Waals surface area contributed by atoms with Crippen LogP contribution in [0.15, 0.2) is 33.9 Å². The quantitative estimate of drug-likeness (QED) is 0.640. The lowest BCUT2D eigenvalue weighted by molar-refractivity contribution is 0.410. The molecule has 0 aliphatic carbocycles. The predicted octanol–water partition coefficient (Wildman–Crippen LogP) is 1.61. The van der Waals surface area contributed by atoms with Gasteiger partial charge in [-0.2, -0.15) is 0 Å². The number of hydrogen-bond acceptors (Lipinski definition) is 4. The fourth-order valence-electron chi connectivity index (χ4n) is 2.25. The molecule has 0 amide bonds. The fraction of sp³-hybridized carbons (Fsp3) is 0.143. The van der Waals surface area contributed by atoms with Gasteiger partial charge in [0.25, 0.3) is 0 Å². The highest BCUT2D eigenvalue weighted by Gasteiger charge is 2.16. The van der Waals surface area contributed by atoms with Gasteiger partial charge in [-0.05, 0) is 24.3 Å². The summed E-state index contributed by atoms with van der Waals surface area (Å²) >= 11 is 0. The van der Waals surface area contributed by atoms with E-state index in [1.54, 1.807) is 38.5 Å². The molecule has 3 aromatic rings. The fourth-order valence-corrected chi connectivity index (χ4v) is 2.25. The first-order valence-electron chi connectivity index (χ1n) is 5.45. The van der Waals surface area contributed by atoms with Crippen LogP contribution < -0.4 is 20.3 Å². The molecular weight excluding hydrogens is 232 g/mol. The molecule has 3 rings (SSSR count). The summed E-state index contributed by atoms with van der Waals surface area (Å²) in [6, 6.07) is 6.93. The average molecular weight is 242 g/mol. The van der Waals surface area contributed by atoms with Gasteiger partial charge in [0.15, 0.2) is 0 Å². The minimum absolute atomic E-state index is 0.434. The van der Waals surface area contributed by atoms with Crippen LogP contribution in [0.25, 0.3) is 21.5 Å². The van der Waals surface area contributed by atoms with Crippen LogP contribution in [0.3, 0.4) is 0 Å². The molecule has 0 atom stereocenters. The summed E-state index contributed by atoms with van der Waals surface area (Å²) in [5.41, 5.74) is -0.867. The Morgan fingerprint density at radius 3 is 1.44 bits per heavy atom. The van der Waals surface area contributed by atoms with Crippen molar-refractivity contribution in [3.8, 4) is 11.5 Å². The van der Waals surface area contributed by atoms with Crippen LogP contribution in [0.1, 0.15) is 0 Å². The summed E-state index contributed by atoms with van der Waals surface area (Å²) in [4.78, 5) is 22.9. The Morgan fingerprint density at radius 2 is 1.11 bits per heavy atom. The molecule has 0 aliphatic heterocycles. The van der Waals surface area contributed by atoms with Crippen molar-refractivity contribution in [1.29, 1.82) is 0 Å². The molecular formula is C14H10O4. The molecule has 0 aromatic heterocycles. The van der Waals surface area contributed by atoms with Crippen molar-refractivity contribution >= 4 is 21.5 Å². The van der Waals surface area contributed by atoms with Crippen LogP contribution in [-0.4, -0.2) is 14.2 Å². The van der Waals surface area contributed by atoms with E-state index in [-0.39, 0.29) is 0 Å². The molecule has 0 saturated carbocycles. The zero-order chi connectivity index (χ0) is 12.9. The number of methoxy groups -OCH3 is 2. The maximum Gasteiger partial charge on any atom is 0.234 e. The Hall–Kier alpha value is -2.36. The molecule has 0 N–H and O–H groups in total. The van der Waals surface area contributed by atoms with Gasteiger partial charge in [0.1, 0.15) is 11.5 Å². The van der Waals surface area contributed by atoms with E-state index in [1.807, 2.05) is 0 Å². The van der Waals surface area contributed by atoms with Crippen LogP contribution in [0, 0.1) is 0 Å². The number of rotatable bonds is 2. The Bertz CT molecular complexity index is 768. The maximum absolute atomic E-state index is 11.4. The third-order valence-electron chi connectivity index (χ3n) is 3.21. The SMILES string of the molecule is COc1ccc(OC)c2cc3c(=O)c(=O)c3cc12. The predicted molar refractivity (Wildman–Crippen MR) is 69.5 cm³/mol. The highest BCUT2D eigenvalue weighted by Crippen LogP contribution is 2.34. The van der Waals surface area contributed by atoms with Gasteiger partial charge in [0, 0.05) is 21.5 Å². The van der Waals surface area contributed by atoms with E-state index in [4.69, 9.17) is 9.47 Å². The number of hydrogen-bond donors (Lipinski definition) is 0. The van der Waals surface area contributed by atoms with E-state index in [0.29, 0.717) is 22.3 Å². The minimum atomic E-state index is -0.434. The second-order valence-electron chi connectivity index (χ2n) is 4.07. The summed E-state index contributed by atoms with van der Waals surface area (Å²) in [6.07, 6.45) is 0. The highest BCUT2D eigenvalue weighted by molar-refractivity contribution is 6.05. The van der Waals surface area contributed by atoms with Gasteiger partial charge < -0.3 is 9.47 Å².